The van der Waals surface area contributed by atoms with Crippen molar-refractivity contribution >= 4 is 11.6 Å². The van der Waals surface area contributed by atoms with Gasteiger partial charge in [-0.15, -0.1) is 0 Å². The molecule has 1 fully saturated rings. The molecule has 0 saturated carbocycles. The summed E-state index contributed by atoms with van der Waals surface area (Å²) in [6.45, 7) is 1.16. The van der Waals surface area contributed by atoms with Crippen LogP contribution in [0.3, 0.4) is 0 Å². The molecule has 0 radical (unpaired) electrons. The molecule has 1 saturated heterocycles. The van der Waals surface area contributed by atoms with Gasteiger partial charge in [-0.1, -0.05) is 11.2 Å². The van der Waals surface area contributed by atoms with E-state index in [-0.39, 0.29) is 12.0 Å². The molecule has 2 unspecified atom stereocenters. The highest BCUT2D eigenvalue weighted by Crippen LogP contribution is 2.15. The predicted molar refractivity (Wildman–Crippen MR) is 68.7 cm³/mol. The van der Waals surface area contributed by atoms with Gasteiger partial charge in [-0.2, -0.15) is 0 Å². The number of hydrogen-bond acceptors (Lipinski definition) is 6. The number of oxime groups is 1. The van der Waals surface area contributed by atoms with Crippen molar-refractivity contribution in [3.05, 3.63) is 30.1 Å². The van der Waals surface area contributed by atoms with E-state index in [2.05, 4.69) is 15.6 Å². The summed E-state index contributed by atoms with van der Waals surface area (Å²) in [6.07, 6.45) is 2.08. The number of amides is 1. The largest absolute Gasteiger partial charge is 0.382 e. The normalized spacial score (nSPS) is 25.1. The Morgan fingerprint density at radius 1 is 1.45 bits per heavy atom. The molecule has 0 aliphatic carbocycles. The average Bonchev–Trinajstić information content (AvgIpc) is 3.17. The molecule has 106 valence electrons. The van der Waals surface area contributed by atoms with E-state index in [0.29, 0.717) is 31.0 Å². The van der Waals surface area contributed by atoms with Crippen molar-refractivity contribution in [3.8, 4) is 0 Å². The summed E-state index contributed by atoms with van der Waals surface area (Å²) in [7, 11) is 0. The summed E-state index contributed by atoms with van der Waals surface area (Å²) in [5.74, 6) is -0.341. The fraction of sp³-hybridized carbons (Fsp3) is 0.462. The van der Waals surface area contributed by atoms with Crippen molar-refractivity contribution in [2.45, 2.75) is 25.0 Å². The number of hydroxylamine groups is 1. The molecule has 2 aliphatic rings. The van der Waals surface area contributed by atoms with E-state index >= 15 is 0 Å². The van der Waals surface area contributed by atoms with Crippen LogP contribution in [0.25, 0.3) is 0 Å². The summed E-state index contributed by atoms with van der Waals surface area (Å²) >= 11 is 0. The number of rotatable bonds is 4. The summed E-state index contributed by atoms with van der Waals surface area (Å²) in [6, 6.07) is 5.51. The van der Waals surface area contributed by atoms with E-state index in [1.807, 2.05) is 18.2 Å². The van der Waals surface area contributed by atoms with Gasteiger partial charge in [-0.05, 0) is 12.1 Å². The van der Waals surface area contributed by atoms with Crippen LogP contribution in [0.2, 0.25) is 0 Å². The summed E-state index contributed by atoms with van der Waals surface area (Å²) in [5, 5.41) is 3.90. The number of carbonyl (C=O) groups excluding carboxylic acids is 1. The monoisotopic (exact) mass is 277 g/mol. The molecular formula is C13H15N3O4. The third-order valence-electron chi connectivity index (χ3n) is 3.14. The second-order valence-electron chi connectivity index (χ2n) is 4.62. The highest BCUT2D eigenvalue weighted by atomic mass is 16.7. The third kappa shape index (κ3) is 2.94. The van der Waals surface area contributed by atoms with E-state index in [0.717, 1.165) is 6.42 Å². The van der Waals surface area contributed by atoms with Gasteiger partial charge in [-0.3, -0.25) is 14.6 Å². The number of nitrogens with zero attached hydrogens (tertiary/aromatic N) is 2. The first-order chi connectivity index (χ1) is 9.83. The lowest BCUT2D eigenvalue weighted by molar-refractivity contribution is -0.148. The van der Waals surface area contributed by atoms with Gasteiger partial charge in [0.25, 0.3) is 5.91 Å². The number of aromatic nitrogens is 1. The molecule has 2 aliphatic heterocycles. The Morgan fingerprint density at radius 2 is 2.40 bits per heavy atom. The first-order valence-electron chi connectivity index (χ1n) is 6.50. The minimum absolute atomic E-state index is 0.0865. The Hall–Kier alpha value is -1.99. The highest BCUT2D eigenvalue weighted by Gasteiger charge is 2.30. The van der Waals surface area contributed by atoms with Crippen molar-refractivity contribution in [2.24, 2.45) is 5.16 Å². The minimum atomic E-state index is -0.672. The SMILES string of the molecule is O=C(NOC1CCOC1)C1CC(c2ccccn2)=NO1. The molecule has 0 aromatic carbocycles. The molecule has 7 nitrogen and oxygen atoms in total. The molecule has 20 heavy (non-hydrogen) atoms. The van der Waals surface area contributed by atoms with Crippen molar-refractivity contribution < 1.29 is 19.2 Å². The van der Waals surface area contributed by atoms with Crippen molar-refractivity contribution in [1.29, 1.82) is 0 Å². The molecule has 1 aromatic rings. The zero-order valence-corrected chi connectivity index (χ0v) is 10.8. The lowest BCUT2D eigenvalue weighted by Crippen LogP contribution is -2.37. The van der Waals surface area contributed by atoms with E-state index in [9.17, 15) is 4.79 Å². The number of carbonyl (C=O) groups is 1. The van der Waals surface area contributed by atoms with Crippen molar-refractivity contribution in [3.63, 3.8) is 0 Å². The molecule has 2 atom stereocenters. The topological polar surface area (TPSA) is 82.0 Å². The van der Waals surface area contributed by atoms with Crippen LogP contribution in [-0.2, 0) is 19.2 Å². The fourth-order valence-corrected chi connectivity index (χ4v) is 2.02. The summed E-state index contributed by atoms with van der Waals surface area (Å²) < 4.78 is 5.15. The molecule has 1 amide bonds. The van der Waals surface area contributed by atoms with Gasteiger partial charge in [0.15, 0.2) is 0 Å². The molecule has 0 spiro atoms. The average molecular weight is 277 g/mol. The number of ether oxygens (including phenoxy) is 1. The van der Waals surface area contributed by atoms with Crippen LogP contribution in [0.4, 0.5) is 0 Å². The van der Waals surface area contributed by atoms with Gasteiger partial charge in [0, 0.05) is 25.6 Å². The zero-order chi connectivity index (χ0) is 13.8. The van der Waals surface area contributed by atoms with Crippen LogP contribution in [-0.4, -0.2) is 42.0 Å². The van der Waals surface area contributed by atoms with Gasteiger partial charge >= 0.3 is 0 Å². The molecule has 1 aromatic heterocycles. The first kappa shape index (κ1) is 13.0. The Morgan fingerprint density at radius 3 is 3.15 bits per heavy atom. The van der Waals surface area contributed by atoms with Crippen LogP contribution >= 0.6 is 0 Å². The maximum absolute atomic E-state index is 11.9. The van der Waals surface area contributed by atoms with E-state index in [1.165, 1.54) is 0 Å². The van der Waals surface area contributed by atoms with Crippen molar-refractivity contribution in [2.75, 3.05) is 13.2 Å². The smallest absolute Gasteiger partial charge is 0.287 e. The van der Waals surface area contributed by atoms with Crippen LogP contribution in [0.15, 0.2) is 29.6 Å². The lowest BCUT2D eigenvalue weighted by Gasteiger charge is -2.12. The molecular weight excluding hydrogens is 262 g/mol. The van der Waals surface area contributed by atoms with E-state index in [1.54, 1.807) is 6.20 Å². The van der Waals surface area contributed by atoms with Gasteiger partial charge in [0.05, 0.1) is 12.3 Å². The zero-order valence-electron chi connectivity index (χ0n) is 10.8. The molecule has 3 heterocycles. The minimum Gasteiger partial charge on any atom is -0.382 e. The Balaban J connectivity index is 1.49. The van der Waals surface area contributed by atoms with E-state index in [4.69, 9.17) is 14.4 Å². The van der Waals surface area contributed by atoms with E-state index < -0.39 is 6.10 Å². The first-order valence-corrected chi connectivity index (χ1v) is 6.50. The maximum atomic E-state index is 11.9. The number of pyridine rings is 1. The lowest BCUT2D eigenvalue weighted by atomic mass is 10.1. The molecule has 7 heteroatoms. The quantitative estimate of drug-likeness (QED) is 0.806. The second-order valence-corrected chi connectivity index (χ2v) is 4.62. The van der Waals surface area contributed by atoms with Crippen LogP contribution in [0, 0.1) is 0 Å². The molecule has 1 N–H and O–H groups in total. The summed E-state index contributed by atoms with van der Waals surface area (Å²) in [4.78, 5) is 26.4. The van der Waals surface area contributed by atoms with Gasteiger partial charge in [-0.25, -0.2) is 5.48 Å². The predicted octanol–water partition coefficient (Wildman–Crippen LogP) is 0.411. The second kappa shape index (κ2) is 5.98. The van der Waals surface area contributed by atoms with Crippen molar-refractivity contribution in [1.82, 2.24) is 10.5 Å². The van der Waals surface area contributed by atoms with Gasteiger partial charge in [0.1, 0.15) is 11.8 Å². The molecule has 0 bridgehead atoms. The standard InChI is InChI=1S/C13H15N3O4/c17-13(16-19-9-4-6-18-8-9)12-7-11(15-20-12)10-3-1-2-5-14-10/h1-3,5,9,12H,4,6-8H2,(H,16,17). The van der Waals surface area contributed by atoms with Crippen LogP contribution < -0.4 is 5.48 Å². The van der Waals surface area contributed by atoms with Gasteiger partial charge < -0.3 is 9.57 Å². The maximum Gasteiger partial charge on any atom is 0.287 e. The van der Waals surface area contributed by atoms with Gasteiger partial charge in [0.2, 0.25) is 6.10 Å². The Kier molecular flexibility index (Phi) is 3.89. The fourth-order valence-electron chi connectivity index (χ4n) is 2.02. The number of hydrogen-bond donors (Lipinski definition) is 1. The van der Waals surface area contributed by atoms with Crippen LogP contribution in [0.1, 0.15) is 18.5 Å². The van der Waals surface area contributed by atoms with Crippen LogP contribution in [0.5, 0.6) is 0 Å². The summed E-state index contributed by atoms with van der Waals surface area (Å²) in [5.41, 5.74) is 3.78. The Labute approximate surface area is 115 Å². The molecule has 3 rings (SSSR count). The third-order valence-corrected chi connectivity index (χ3v) is 3.14. The Bertz CT molecular complexity index is 500. The highest BCUT2D eigenvalue weighted by molar-refractivity contribution is 6.02. The number of nitrogens with one attached hydrogen (secondary N) is 1.